The summed E-state index contributed by atoms with van der Waals surface area (Å²) in [7, 11) is 4.30. The van der Waals surface area contributed by atoms with Gasteiger partial charge in [-0.3, -0.25) is 9.69 Å². The number of carbonyl (C=O) groups excluding carboxylic acids is 1. The molecule has 5 aliphatic rings. The molecular formula is C22H39N3O. The zero-order valence-electron chi connectivity index (χ0n) is 17.4. The summed E-state index contributed by atoms with van der Waals surface area (Å²) in [5, 5.41) is 0. The monoisotopic (exact) mass is 361 g/mol. The Morgan fingerprint density at radius 1 is 0.962 bits per heavy atom. The molecule has 2 atom stereocenters. The molecule has 1 aliphatic heterocycles. The first kappa shape index (κ1) is 18.7. The highest BCUT2D eigenvalue weighted by molar-refractivity contribution is 5.83. The van der Waals surface area contributed by atoms with E-state index in [1.807, 2.05) is 0 Å². The molecule has 0 spiro atoms. The lowest BCUT2D eigenvalue weighted by atomic mass is 9.49. The van der Waals surface area contributed by atoms with Gasteiger partial charge >= 0.3 is 0 Å². The average Bonchev–Trinajstić information content (AvgIpc) is 2.55. The number of amides is 1. The van der Waals surface area contributed by atoms with Crippen LogP contribution >= 0.6 is 0 Å². The highest BCUT2D eigenvalue weighted by Gasteiger charge is 2.56. The molecule has 0 N–H and O–H groups in total. The van der Waals surface area contributed by atoms with E-state index in [0.717, 1.165) is 43.9 Å². The van der Waals surface area contributed by atoms with E-state index < -0.39 is 0 Å². The molecule has 1 heterocycles. The second kappa shape index (κ2) is 7.09. The summed E-state index contributed by atoms with van der Waals surface area (Å²) < 4.78 is 0. The number of nitrogens with zero attached hydrogens (tertiary/aromatic N) is 3. The minimum atomic E-state index is 0.0291. The highest BCUT2D eigenvalue weighted by Crippen LogP contribution is 2.60. The molecule has 4 aliphatic carbocycles. The minimum Gasteiger partial charge on any atom is -0.339 e. The second-order valence-electron chi connectivity index (χ2n) is 10.5. The van der Waals surface area contributed by atoms with Gasteiger partial charge in [-0.25, -0.2) is 0 Å². The normalized spacial score (nSPS) is 42.7. The molecule has 4 saturated carbocycles. The topological polar surface area (TPSA) is 26.8 Å². The molecule has 2 unspecified atom stereocenters. The Kier molecular flexibility index (Phi) is 5.11. The summed E-state index contributed by atoms with van der Waals surface area (Å²) >= 11 is 0. The van der Waals surface area contributed by atoms with Gasteiger partial charge in [-0.2, -0.15) is 0 Å². The van der Waals surface area contributed by atoms with Gasteiger partial charge in [0.15, 0.2) is 0 Å². The van der Waals surface area contributed by atoms with Crippen LogP contribution in [-0.4, -0.2) is 73.0 Å². The zero-order chi connectivity index (χ0) is 18.5. The molecule has 26 heavy (non-hydrogen) atoms. The summed E-state index contributed by atoms with van der Waals surface area (Å²) in [6, 6.07) is 0.970. The lowest BCUT2D eigenvalue weighted by Gasteiger charge is -2.57. The molecule has 4 bridgehead atoms. The van der Waals surface area contributed by atoms with Crippen LogP contribution in [-0.2, 0) is 4.79 Å². The van der Waals surface area contributed by atoms with Crippen LogP contribution in [0.1, 0.15) is 58.8 Å². The Hall–Kier alpha value is -0.610. The maximum absolute atomic E-state index is 13.7. The van der Waals surface area contributed by atoms with Crippen molar-refractivity contribution in [3.63, 3.8) is 0 Å². The zero-order valence-corrected chi connectivity index (χ0v) is 17.4. The third kappa shape index (κ3) is 3.44. The van der Waals surface area contributed by atoms with Gasteiger partial charge in [0, 0.05) is 31.7 Å². The molecule has 148 valence electrons. The standard InChI is InChI=1S/C22H39N3O/c1-16-14-24(15-17(2)25(16)7-5-6-23(3)4)21(26)22-11-18-8-19(12-22)10-20(9-18)13-22/h16-20H,5-15H2,1-4H3. The van der Waals surface area contributed by atoms with Crippen molar-refractivity contribution in [2.45, 2.75) is 70.9 Å². The number of piperazine rings is 1. The summed E-state index contributed by atoms with van der Waals surface area (Å²) in [5.74, 6) is 3.09. The second-order valence-corrected chi connectivity index (χ2v) is 10.5. The van der Waals surface area contributed by atoms with Crippen molar-refractivity contribution in [2.75, 3.05) is 40.3 Å². The van der Waals surface area contributed by atoms with Crippen molar-refractivity contribution in [3.05, 3.63) is 0 Å². The Balaban J connectivity index is 1.39. The number of hydrogen-bond acceptors (Lipinski definition) is 3. The van der Waals surface area contributed by atoms with E-state index in [4.69, 9.17) is 0 Å². The Labute approximate surface area is 160 Å². The number of hydrogen-bond donors (Lipinski definition) is 0. The van der Waals surface area contributed by atoms with Crippen molar-refractivity contribution in [1.29, 1.82) is 0 Å². The van der Waals surface area contributed by atoms with E-state index in [-0.39, 0.29) is 5.41 Å². The van der Waals surface area contributed by atoms with E-state index in [1.165, 1.54) is 44.9 Å². The van der Waals surface area contributed by atoms with Crippen molar-refractivity contribution >= 4 is 5.91 Å². The molecule has 5 rings (SSSR count). The van der Waals surface area contributed by atoms with Crippen molar-refractivity contribution in [2.24, 2.45) is 23.2 Å². The van der Waals surface area contributed by atoms with Crippen LogP contribution in [0, 0.1) is 23.2 Å². The van der Waals surface area contributed by atoms with Gasteiger partial charge in [0.05, 0.1) is 5.41 Å². The Morgan fingerprint density at radius 3 is 1.92 bits per heavy atom. The maximum Gasteiger partial charge on any atom is 0.228 e. The third-order valence-electron chi connectivity index (χ3n) is 7.90. The fourth-order valence-corrected chi connectivity index (χ4v) is 7.24. The van der Waals surface area contributed by atoms with Crippen LogP contribution in [0.5, 0.6) is 0 Å². The van der Waals surface area contributed by atoms with Crippen molar-refractivity contribution in [1.82, 2.24) is 14.7 Å². The van der Waals surface area contributed by atoms with Crippen LogP contribution in [0.4, 0.5) is 0 Å². The predicted octanol–water partition coefficient (Wildman–Crippen LogP) is 3.08. The highest BCUT2D eigenvalue weighted by atomic mass is 16.2. The molecule has 4 heteroatoms. The molecule has 1 amide bonds. The lowest BCUT2D eigenvalue weighted by molar-refractivity contribution is -0.161. The summed E-state index contributed by atoms with van der Waals surface area (Å²) in [6.45, 7) is 8.82. The molecule has 0 aromatic heterocycles. The van der Waals surface area contributed by atoms with Gasteiger partial charge in [-0.1, -0.05) is 0 Å². The lowest BCUT2D eigenvalue weighted by Crippen LogP contribution is -2.62. The van der Waals surface area contributed by atoms with E-state index in [9.17, 15) is 4.79 Å². The third-order valence-corrected chi connectivity index (χ3v) is 7.90. The minimum absolute atomic E-state index is 0.0291. The average molecular weight is 362 g/mol. The first-order valence-electron chi connectivity index (χ1n) is 11.1. The smallest absolute Gasteiger partial charge is 0.228 e. The summed E-state index contributed by atoms with van der Waals surface area (Å²) in [6.07, 6.45) is 9.05. The molecule has 0 aromatic rings. The van der Waals surface area contributed by atoms with Crippen molar-refractivity contribution < 1.29 is 4.79 Å². The van der Waals surface area contributed by atoms with Gasteiger partial charge in [-0.05, 0) is 97.2 Å². The maximum atomic E-state index is 13.7. The van der Waals surface area contributed by atoms with Crippen molar-refractivity contribution in [3.8, 4) is 0 Å². The first-order chi connectivity index (χ1) is 12.4. The molecule has 1 saturated heterocycles. The van der Waals surface area contributed by atoms with Gasteiger partial charge in [-0.15, -0.1) is 0 Å². The van der Waals surface area contributed by atoms with Gasteiger partial charge in [0.25, 0.3) is 0 Å². The quantitative estimate of drug-likeness (QED) is 0.753. The van der Waals surface area contributed by atoms with E-state index in [0.29, 0.717) is 18.0 Å². The van der Waals surface area contributed by atoms with E-state index in [2.05, 4.69) is 42.6 Å². The van der Waals surface area contributed by atoms with Crippen LogP contribution in [0.2, 0.25) is 0 Å². The molecule has 5 fully saturated rings. The molecule has 0 aromatic carbocycles. The predicted molar refractivity (Wildman–Crippen MR) is 106 cm³/mol. The van der Waals surface area contributed by atoms with Crippen LogP contribution in [0.15, 0.2) is 0 Å². The summed E-state index contributed by atoms with van der Waals surface area (Å²) in [4.78, 5) is 20.8. The Morgan fingerprint density at radius 2 is 1.46 bits per heavy atom. The van der Waals surface area contributed by atoms with Crippen LogP contribution in [0.25, 0.3) is 0 Å². The molecule has 4 nitrogen and oxygen atoms in total. The fourth-order valence-electron chi connectivity index (χ4n) is 7.24. The molecule has 0 radical (unpaired) electrons. The summed E-state index contributed by atoms with van der Waals surface area (Å²) in [5.41, 5.74) is 0.0291. The van der Waals surface area contributed by atoms with Crippen LogP contribution < -0.4 is 0 Å². The van der Waals surface area contributed by atoms with Gasteiger partial charge in [0.1, 0.15) is 0 Å². The van der Waals surface area contributed by atoms with E-state index in [1.54, 1.807) is 0 Å². The first-order valence-corrected chi connectivity index (χ1v) is 11.1. The fraction of sp³-hybridized carbons (Fsp3) is 0.955. The SMILES string of the molecule is CC1CN(C(=O)C23CC4CC(CC(C4)C2)C3)CC(C)N1CCCN(C)C. The van der Waals surface area contributed by atoms with Crippen LogP contribution in [0.3, 0.4) is 0 Å². The molecular weight excluding hydrogens is 322 g/mol. The van der Waals surface area contributed by atoms with Gasteiger partial charge in [0.2, 0.25) is 5.91 Å². The number of carbonyl (C=O) groups is 1. The van der Waals surface area contributed by atoms with Gasteiger partial charge < -0.3 is 9.80 Å². The number of rotatable bonds is 5. The largest absolute Gasteiger partial charge is 0.339 e. The van der Waals surface area contributed by atoms with E-state index >= 15 is 0 Å². The Bertz CT molecular complexity index is 484.